The molecule has 56 valence electrons. The van der Waals surface area contributed by atoms with Crippen molar-refractivity contribution >= 4 is 0 Å². The van der Waals surface area contributed by atoms with Gasteiger partial charge >= 0.3 is 0 Å². The van der Waals surface area contributed by atoms with Crippen molar-refractivity contribution in [2.75, 3.05) is 6.79 Å². The molecule has 1 saturated carbocycles. The van der Waals surface area contributed by atoms with E-state index in [9.17, 15) is 0 Å². The summed E-state index contributed by atoms with van der Waals surface area (Å²) in [4.78, 5) is 0. The fourth-order valence-electron chi connectivity index (χ4n) is 1.68. The van der Waals surface area contributed by atoms with Crippen molar-refractivity contribution in [1.82, 2.24) is 0 Å². The first-order valence-electron chi connectivity index (χ1n) is 3.79. The van der Waals surface area contributed by atoms with E-state index in [1.165, 1.54) is 12.0 Å². The molecule has 2 fully saturated rings. The van der Waals surface area contributed by atoms with Crippen LogP contribution in [-0.2, 0) is 9.47 Å². The number of hydrogen-bond acceptors (Lipinski definition) is 2. The van der Waals surface area contributed by atoms with E-state index in [4.69, 9.17) is 9.47 Å². The number of fused-ring (bicyclic) bond motifs is 1. The molecule has 2 nitrogen and oxygen atoms in total. The van der Waals surface area contributed by atoms with Gasteiger partial charge in [-0.3, -0.25) is 0 Å². The largest absolute Gasteiger partial charge is 0.349 e. The molecule has 10 heavy (non-hydrogen) atoms. The SMILES string of the molecule is C=C1CCCC2OCOC12. The minimum Gasteiger partial charge on any atom is -0.349 e. The van der Waals surface area contributed by atoms with E-state index in [0.717, 1.165) is 12.8 Å². The molecule has 0 spiro atoms. The van der Waals surface area contributed by atoms with Crippen LogP contribution in [0.4, 0.5) is 0 Å². The van der Waals surface area contributed by atoms with Gasteiger partial charge < -0.3 is 9.47 Å². The molecule has 0 N–H and O–H groups in total. The first kappa shape index (κ1) is 6.38. The number of rotatable bonds is 0. The fraction of sp³-hybridized carbons (Fsp3) is 0.750. The normalized spacial score (nSPS) is 39.8. The fourth-order valence-corrected chi connectivity index (χ4v) is 1.68. The number of ether oxygens (including phenoxy) is 2. The van der Waals surface area contributed by atoms with E-state index in [2.05, 4.69) is 6.58 Å². The smallest absolute Gasteiger partial charge is 0.148 e. The van der Waals surface area contributed by atoms with Crippen LogP contribution in [0.25, 0.3) is 0 Å². The summed E-state index contributed by atoms with van der Waals surface area (Å²) in [7, 11) is 0. The van der Waals surface area contributed by atoms with Crippen LogP contribution in [0, 0.1) is 0 Å². The van der Waals surface area contributed by atoms with Gasteiger partial charge in [0.1, 0.15) is 12.9 Å². The Labute approximate surface area is 60.8 Å². The highest BCUT2D eigenvalue weighted by atomic mass is 16.7. The average molecular weight is 140 g/mol. The van der Waals surface area contributed by atoms with E-state index in [0.29, 0.717) is 12.9 Å². The van der Waals surface area contributed by atoms with Crippen LogP contribution in [0.15, 0.2) is 12.2 Å². The molecule has 0 bridgehead atoms. The molecule has 2 heteroatoms. The van der Waals surface area contributed by atoms with E-state index in [1.54, 1.807) is 0 Å². The Kier molecular flexibility index (Phi) is 1.51. The quantitative estimate of drug-likeness (QED) is 0.474. The third-order valence-electron chi connectivity index (χ3n) is 2.26. The Balaban J connectivity index is 2.10. The molecule has 2 rings (SSSR count). The second-order valence-corrected chi connectivity index (χ2v) is 2.96. The topological polar surface area (TPSA) is 18.5 Å². The lowest BCUT2D eigenvalue weighted by Crippen LogP contribution is -2.28. The van der Waals surface area contributed by atoms with Gasteiger partial charge in [-0.25, -0.2) is 0 Å². The molecule has 1 saturated heterocycles. The highest BCUT2D eigenvalue weighted by Crippen LogP contribution is 2.30. The lowest BCUT2D eigenvalue weighted by molar-refractivity contribution is 0.0423. The number of hydrogen-bond donors (Lipinski definition) is 0. The first-order valence-corrected chi connectivity index (χ1v) is 3.79. The Morgan fingerprint density at radius 1 is 1.40 bits per heavy atom. The Bertz CT molecular complexity index is 153. The van der Waals surface area contributed by atoms with Crippen LogP contribution >= 0.6 is 0 Å². The van der Waals surface area contributed by atoms with Crippen LogP contribution in [0.1, 0.15) is 19.3 Å². The van der Waals surface area contributed by atoms with Crippen LogP contribution in [-0.4, -0.2) is 19.0 Å². The maximum absolute atomic E-state index is 5.35. The average Bonchev–Trinajstić information content (AvgIpc) is 2.36. The molecule has 1 aliphatic heterocycles. The molecule has 0 amide bonds. The van der Waals surface area contributed by atoms with Gasteiger partial charge in [-0.15, -0.1) is 0 Å². The van der Waals surface area contributed by atoms with Gasteiger partial charge in [0.2, 0.25) is 0 Å². The van der Waals surface area contributed by atoms with Crippen molar-refractivity contribution in [2.24, 2.45) is 0 Å². The highest BCUT2D eigenvalue weighted by molar-refractivity contribution is 5.09. The van der Waals surface area contributed by atoms with Crippen molar-refractivity contribution in [3.63, 3.8) is 0 Å². The van der Waals surface area contributed by atoms with E-state index in [1.807, 2.05) is 0 Å². The third-order valence-corrected chi connectivity index (χ3v) is 2.26. The molecule has 0 aromatic heterocycles. The van der Waals surface area contributed by atoms with Gasteiger partial charge in [0.05, 0.1) is 6.10 Å². The second kappa shape index (κ2) is 2.36. The Morgan fingerprint density at radius 3 is 3.10 bits per heavy atom. The van der Waals surface area contributed by atoms with Crippen molar-refractivity contribution in [3.05, 3.63) is 12.2 Å². The zero-order chi connectivity index (χ0) is 6.97. The molecule has 2 unspecified atom stereocenters. The van der Waals surface area contributed by atoms with Crippen molar-refractivity contribution < 1.29 is 9.47 Å². The minimum absolute atomic E-state index is 0.216. The second-order valence-electron chi connectivity index (χ2n) is 2.96. The molecule has 2 aliphatic rings. The molecule has 0 aromatic carbocycles. The summed E-state index contributed by atoms with van der Waals surface area (Å²) in [5.74, 6) is 0. The van der Waals surface area contributed by atoms with Gasteiger partial charge in [0.15, 0.2) is 0 Å². The van der Waals surface area contributed by atoms with Crippen LogP contribution < -0.4 is 0 Å². The molecular formula is C8H12O2. The Hall–Kier alpha value is -0.340. The van der Waals surface area contributed by atoms with Gasteiger partial charge in [-0.05, 0) is 24.8 Å². The van der Waals surface area contributed by atoms with Crippen molar-refractivity contribution in [1.29, 1.82) is 0 Å². The van der Waals surface area contributed by atoms with Crippen LogP contribution in [0.3, 0.4) is 0 Å². The predicted octanol–water partition coefficient (Wildman–Crippen LogP) is 1.47. The van der Waals surface area contributed by atoms with Gasteiger partial charge in [-0.2, -0.15) is 0 Å². The third kappa shape index (κ3) is 0.879. The summed E-state index contributed by atoms with van der Waals surface area (Å²) in [6.07, 6.45) is 4.01. The van der Waals surface area contributed by atoms with E-state index >= 15 is 0 Å². The van der Waals surface area contributed by atoms with E-state index < -0.39 is 0 Å². The predicted molar refractivity (Wildman–Crippen MR) is 37.6 cm³/mol. The zero-order valence-electron chi connectivity index (χ0n) is 6.01. The molecule has 1 aliphatic carbocycles. The van der Waals surface area contributed by atoms with Crippen LogP contribution in [0.5, 0.6) is 0 Å². The van der Waals surface area contributed by atoms with Gasteiger partial charge in [-0.1, -0.05) is 6.58 Å². The molecule has 2 atom stereocenters. The highest BCUT2D eigenvalue weighted by Gasteiger charge is 2.33. The lowest BCUT2D eigenvalue weighted by atomic mass is 9.91. The Morgan fingerprint density at radius 2 is 2.30 bits per heavy atom. The molecule has 1 heterocycles. The standard InChI is InChI=1S/C8H12O2/c1-6-3-2-4-7-8(6)10-5-9-7/h7-8H,1-5H2. The summed E-state index contributed by atoms with van der Waals surface area (Å²) in [6, 6.07) is 0. The summed E-state index contributed by atoms with van der Waals surface area (Å²) < 4.78 is 10.7. The van der Waals surface area contributed by atoms with Gasteiger partial charge in [0, 0.05) is 0 Å². The summed E-state index contributed by atoms with van der Waals surface area (Å²) in [5.41, 5.74) is 1.22. The summed E-state index contributed by atoms with van der Waals surface area (Å²) >= 11 is 0. The molecule has 0 radical (unpaired) electrons. The van der Waals surface area contributed by atoms with Crippen LogP contribution in [0.2, 0.25) is 0 Å². The minimum atomic E-state index is 0.216. The lowest BCUT2D eigenvalue weighted by Gasteiger charge is -2.24. The first-order chi connectivity index (χ1) is 4.88. The summed E-state index contributed by atoms with van der Waals surface area (Å²) in [6.45, 7) is 4.42. The molecule has 0 aromatic rings. The zero-order valence-corrected chi connectivity index (χ0v) is 6.01. The maximum Gasteiger partial charge on any atom is 0.148 e. The maximum atomic E-state index is 5.35. The van der Waals surface area contributed by atoms with Gasteiger partial charge in [0.25, 0.3) is 0 Å². The summed E-state index contributed by atoms with van der Waals surface area (Å²) in [5, 5.41) is 0. The van der Waals surface area contributed by atoms with Crippen molar-refractivity contribution in [3.8, 4) is 0 Å². The van der Waals surface area contributed by atoms with E-state index in [-0.39, 0.29) is 6.10 Å². The monoisotopic (exact) mass is 140 g/mol. The molecular weight excluding hydrogens is 128 g/mol. The van der Waals surface area contributed by atoms with Crippen molar-refractivity contribution in [2.45, 2.75) is 31.5 Å².